The van der Waals surface area contributed by atoms with E-state index >= 15 is 0 Å². The summed E-state index contributed by atoms with van der Waals surface area (Å²) in [4.78, 5) is 22.3. The van der Waals surface area contributed by atoms with Gasteiger partial charge in [-0.25, -0.2) is 0 Å². The Morgan fingerprint density at radius 2 is 2.24 bits per heavy atom. The summed E-state index contributed by atoms with van der Waals surface area (Å²) in [6.45, 7) is 0.425. The number of nitrogens with one attached hydrogen (secondary N) is 1. The van der Waals surface area contributed by atoms with E-state index < -0.39 is 4.92 Å². The summed E-state index contributed by atoms with van der Waals surface area (Å²) in [6, 6.07) is 6.11. The van der Waals surface area contributed by atoms with Crippen molar-refractivity contribution in [1.82, 2.24) is 15.1 Å². The van der Waals surface area contributed by atoms with Gasteiger partial charge in [-0.15, -0.1) is 0 Å². The van der Waals surface area contributed by atoms with Crippen LogP contribution in [0.15, 0.2) is 30.5 Å². The lowest BCUT2D eigenvalue weighted by atomic mass is 10.2. The van der Waals surface area contributed by atoms with Gasteiger partial charge < -0.3 is 5.32 Å². The quantitative estimate of drug-likeness (QED) is 0.472. The maximum Gasteiger partial charge on any atom is 0.270 e. The lowest BCUT2D eigenvalue weighted by Crippen LogP contribution is -2.26. The molecule has 21 heavy (non-hydrogen) atoms. The van der Waals surface area contributed by atoms with Crippen molar-refractivity contribution in [2.45, 2.75) is 6.42 Å². The largest absolute Gasteiger partial charge is 0.352 e. The van der Waals surface area contributed by atoms with E-state index in [0.717, 1.165) is 5.69 Å². The molecule has 0 fully saturated rings. The summed E-state index contributed by atoms with van der Waals surface area (Å²) in [6.07, 6.45) is 2.44. The third-order valence-electron chi connectivity index (χ3n) is 2.84. The molecule has 8 heteroatoms. The topological polar surface area (TPSA) is 90.1 Å². The first-order valence-electron chi connectivity index (χ1n) is 6.18. The van der Waals surface area contributed by atoms with Gasteiger partial charge in [0.25, 0.3) is 11.6 Å². The summed E-state index contributed by atoms with van der Waals surface area (Å²) in [5, 5.41) is 17.7. The molecule has 0 saturated carbocycles. The van der Waals surface area contributed by atoms with Crippen LogP contribution in [-0.2, 0) is 13.5 Å². The minimum absolute atomic E-state index is 0.0923. The Bertz CT molecular complexity index is 684. The number of amides is 1. The molecule has 0 radical (unpaired) electrons. The fourth-order valence-electron chi connectivity index (χ4n) is 1.80. The molecule has 0 bridgehead atoms. The van der Waals surface area contributed by atoms with Crippen LogP contribution in [0, 0.1) is 13.7 Å². The summed E-state index contributed by atoms with van der Waals surface area (Å²) in [7, 11) is 1.83. The van der Waals surface area contributed by atoms with E-state index in [-0.39, 0.29) is 11.6 Å². The van der Waals surface area contributed by atoms with E-state index in [1.165, 1.54) is 12.1 Å². The number of carbonyl (C=O) groups excluding carboxylic acids is 1. The second-order valence-electron chi connectivity index (χ2n) is 4.41. The molecular formula is C13H13IN4O3. The van der Waals surface area contributed by atoms with Gasteiger partial charge in [0.2, 0.25) is 0 Å². The van der Waals surface area contributed by atoms with Gasteiger partial charge in [-0.05, 0) is 34.7 Å². The molecule has 2 aromatic rings. The van der Waals surface area contributed by atoms with Crippen molar-refractivity contribution in [1.29, 1.82) is 0 Å². The summed E-state index contributed by atoms with van der Waals surface area (Å²) < 4.78 is 2.37. The molecule has 1 amide bonds. The van der Waals surface area contributed by atoms with Gasteiger partial charge in [0.05, 0.1) is 16.2 Å². The van der Waals surface area contributed by atoms with Crippen LogP contribution in [0.1, 0.15) is 16.1 Å². The van der Waals surface area contributed by atoms with Crippen molar-refractivity contribution >= 4 is 34.2 Å². The molecule has 7 nitrogen and oxygen atoms in total. The van der Waals surface area contributed by atoms with Crippen molar-refractivity contribution in [2.75, 3.05) is 6.54 Å². The van der Waals surface area contributed by atoms with E-state index in [4.69, 9.17) is 0 Å². The zero-order valence-corrected chi connectivity index (χ0v) is 13.4. The number of hydrogen-bond donors (Lipinski definition) is 1. The summed E-state index contributed by atoms with van der Waals surface area (Å²) in [5.74, 6) is -0.320. The first-order valence-corrected chi connectivity index (χ1v) is 7.26. The predicted octanol–water partition coefficient (Wildman–Crippen LogP) is 1.91. The van der Waals surface area contributed by atoms with Gasteiger partial charge in [0.1, 0.15) is 0 Å². The SMILES string of the molecule is Cn1ccc(CCNC(=O)c2cc([N+](=O)[O-])ccc2I)n1. The maximum atomic E-state index is 12.1. The molecule has 1 aromatic heterocycles. The van der Waals surface area contributed by atoms with Gasteiger partial charge in [-0.3, -0.25) is 19.6 Å². The third-order valence-corrected chi connectivity index (χ3v) is 3.78. The first-order chi connectivity index (χ1) is 9.97. The molecule has 1 N–H and O–H groups in total. The third kappa shape index (κ3) is 4.00. The van der Waals surface area contributed by atoms with Crippen molar-refractivity contribution in [3.63, 3.8) is 0 Å². The van der Waals surface area contributed by atoms with Crippen molar-refractivity contribution in [3.05, 3.63) is 55.4 Å². The second-order valence-corrected chi connectivity index (χ2v) is 5.57. The van der Waals surface area contributed by atoms with Gasteiger partial charge in [0, 0.05) is 41.9 Å². The molecule has 110 valence electrons. The van der Waals surface area contributed by atoms with Crippen LogP contribution < -0.4 is 5.32 Å². The van der Waals surface area contributed by atoms with Crippen molar-refractivity contribution in [2.24, 2.45) is 7.05 Å². The summed E-state index contributed by atoms with van der Waals surface area (Å²) >= 11 is 1.98. The van der Waals surface area contributed by atoms with E-state index in [9.17, 15) is 14.9 Å². The molecule has 1 heterocycles. The van der Waals surface area contributed by atoms with Crippen LogP contribution in [0.2, 0.25) is 0 Å². The van der Waals surface area contributed by atoms with Gasteiger partial charge in [0.15, 0.2) is 0 Å². The van der Waals surface area contributed by atoms with Crippen LogP contribution >= 0.6 is 22.6 Å². The van der Waals surface area contributed by atoms with E-state index in [1.807, 2.05) is 41.9 Å². The fourth-order valence-corrected chi connectivity index (χ4v) is 2.38. The molecule has 0 aliphatic heterocycles. The molecule has 0 aliphatic carbocycles. The van der Waals surface area contributed by atoms with Gasteiger partial charge in [-0.1, -0.05) is 0 Å². The zero-order valence-electron chi connectivity index (χ0n) is 11.2. The number of nitrogens with zero attached hydrogens (tertiary/aromatic N) is 3. The Balaban J connectivity index is 1.99. The number of nitro benzene ring substituents is 1. The van der Waals surface area contributed by atoms with E-state index in [0.29, 0.717) is 22.1 Å². The lowest BCUT2D eigenvalue weighted by molar-refractivity contribution is -0.384. The number of halogens is 1. The van der Waals surface area contributed by atoms with E-state index in [1.54, 1.807) is 10.7 Å². The predicted molar refractivity (Wildman–Crippen MR) is 85.1 cm³/mol. The number of aryl methyl sites for hydroxylation is 1. The highest BCUT2D eigenvalue weighted by atomic mass is 127. The maximum absolute atomic E-state index is 12.1. The average molecular weight is 400 g/mol. The number of nitro groups is 1. The minimum atomic E-state index is -0.513. The Hall–Kier alpha value is -1.97. The molecule has 0 saturated heterocycles. The molecule has 0 unspecified atom stereocenters. The van der Waals surface area contributed by atoms with Crippen LogP contribution in [0.3, 0.4) is 0 Å². The Labute approximate surface area is 134 Å². The van der Waals surface area contributed by atoms with Crippen molar-refractivity contribution in [3.8, 4) is 0 Å². The second kappa shape index (κ2) is 6.66. The number of non-ortho nitro benzene ring substituents is 1. The molecular weight excluding hydrogens is 387 g/mol. The average Bonchev–Trinajstić information content (AvgIpc) is 2.84. The highest BCUT2D eigenvalue weighted by molar-refractivity contribution is 14.1. The Morgan fingerprint density at radius 3 is 2.86 bits per heavy atom. The molecule has 1 aromatic carbocycles. The number of hydrogen-bond acceptors (Lipinski definition) is 4. The lowest BCUT2D eigenvalue weighted by Gasteiger charge is -2.06. The monoisotopic (exact) mass is 400 g/mol. The van der Waals surface area contributed by atoms with Crippen LogP contribution in [0.5, 0.6) is 0 Å². The van der Waals surface area contributed by atoms with Crippen LogP contribution in [0.25, 0.3) is 0 Å². The van der Waals surface area contributed by atoms with Gasteiger partial charge in [-0.2, -0.15) is 5.10 Å². The van der Waals surface area contributed by atoms with E-state index in [2.05, 4.69) is 10.4 Å². The zero-order chi connectivity index (χ0) is 15.4. The normalized spacial score (nSPS) is 10.4. The van der Waals surface area contributed by atoms with Crippen LogP contribution in [0.4, 0.5) is 5.69 Å². The Kier molecular flexibility index (Phi) is 4.89. The highest BCUT2D eigenvalue weighted by Crippen LogP contribution is 2.19. The van der Waals surface area contributed by atoms with Crippen LogP contribution in [-0.4, -0.2) is 27.2 Å². The number of benzene rings is 1. The number of carbonyl (C=O) groups is 1. The molecule has 0 atom stereocenters. The molecule has 2 rings (SSSR count). The first kappa shape index (κ1) is 15.4. The fraction of sp³-hybridized carbons (Fsp3) is 0.231. The highest BCUT2D eigenvalue weighted by Gasteiger charge is 2.15. The number of aromatic nitrogens is 2. The standard InChI is InChI=1S/C13H13IN4O3/c1-17-7-5-9(16-17)4-6-15-13(19)11-8-10(18(20)21)2-3-12(11)14/h2-3,5,7-8H,4,6H2,1H3,(H,15,19). The number of rotatable bonds is 5. The Morgan fingerprint density at radius 1 is 1.48 bits per heavy atom. The molecule has 0 spiro atoms. The minimum Gasteiger partial charge on any atom is -0.352 e. The smallest absolute Gasteiger partial charge is 0.270 e. The van der Waals surface area contributed by atoms with Crippen molar-refractivity contribution < 1.29 is 9.72 Å². The summed E-state index contributed by atoms with van der Waals surface area (Å²) in [5.41, 5.74) is 1.10. The molecule has 0 aliphatic rings. The van der Waals surface area contributed by atoms with Gasteiger partial charge >= 0.3 is 0 Å².